The number of amides is 1. The Labute approximate surface area is 287 Å². The Balaban J connectivity index is 1.53. The summed E-state index contributed by atoms with van der Waals surface area (Å²) in [6.45, 7) is 2.94. The molecule has 5 heterocycles. The maximum Gasteiger partial charge on any atom is 0.416 e. The average molecular weight is 735 g/mol. The Bertz CT molecular complexity index is 2130. The molecule has 15 heteroatoms. The van der Waals surface area contributed by atoms with Gasteiger partial charge in [0, 0.05) is 36.7 Å². The predicted octanol–water partition coefficient (Wildman–Crippen LogP) is 10.3. The molecule has 51 heavy (non-hydrogen) atoms. The topological polar surface area (TPSA) is 71.9 Å². The normalized spacial score (nSPS) is 22.0. The molecule has 2 saturated heterocycles. The number of aliphatic hydroxyl groups is 1. The van der Waals surface area contributed by atoms with Crippen molar-refractivity contribution in [1.82, 2.24) is 9.88 Å². The van der Waals surface area contributed by atoms with Crippen LogP contribution in [0.5, 0.6) is 5.88 Å². The fraction of sp³-hybridized carbons (Fsp3) is 0.306. The summed E-state index contributed by atoms with van der Waals surface area (Å²) in [5, 5.41) is 10.9. The lowest BCUT2D eigenvalue weighted by molar-refractivity contribution is -0.138. The lowest BCUT2D eigenvalue weighted by Gasteiger charge is -2.27. The molecule has 4 aromatic rings. The summed E-state index contributed by atoms with van der Waals surface area (Å²) in [6, 6.07) is 7.97. The summed E-state index contributed by atoms with van der Waals surface area (Å²) in [6.07, 6.45) is -10.7. The lowest BCUT2D eigenvalue weighted by Crippen LogP contribution is -2.31. The second-order valence-corrected chi connectivity index (χ2v) is 14.0. The van der Waals surface area contributed by atoms with Gasteiger partial charge in [-0.25, -0.2) is 9.78 Å². The highest BCUT2D eigenvalue weighted by Crippen LogP contribution is 2.53. The number of fused-ring (bicyclic) bond motifs is 3. The number of aliphatic hydroxyl groups excluding tert-OH is 1. The Morgan fingerprint density at radius 2 is 1.65 bits per heavy atom. The molecule has 1 N–H and O–H groups in total. The van der Waals surface area contributed by atoms with E-state index in [0.29, 0.717) is 28.3 Å². The second-order valence-electron chi connectivity index (χ2n) is 12.8. The van der Waals surface area contributed by atoms with Crippen LogP contribution in [0, 0.1) is 13.8 Å². The highest BCUT2D eigenvalue weighted by Gasteiger charge is 2.52. The van der Waals surface area contributed by atoms with Crippen molar-refractivity contribution in [1.29, 1.82) is 0 Å². The molecule has 0 radical (unpaired) electrons. The van der Waals surface area contributed by atoms with E-state index in [1.165, 1.54) is 43.3 Å². The molecule has 4 aliphatic rings. The Morgan fingerprint density at radius 3 is 2.31 bits per heavy atom. The van der Waals surface area contributed by atoms with E-state index in [0.717, 1.165) is 12.1 Å². The van der Waals surface area contributed by atoms with Gasteiger partial charge in [-0.3, -0.25) is 4.90 Å². The summed E-state index contributed by atoms with van der Waals surface area (Å²) in [7, 11) is 0.338. The van der Waals surface area contributed by atoms with E-state index in [1.807, 2.05) is 0 Å². The average Bonchev–Trinajstić information content (AvgIpc) is 3.63. The van der Waals surface area contributed by atoms with E-state index in [2.05, 4.69) is 4.98 Å². The van der Waals surface area contributed by atoms with Crippen LogP contribution in [-0.2, 0) is 22.8 Å². The minimum Gasteiger partial charge on any atom is -0.481 e. The molecule has 2 fully saturated rings. The number of aryl methyl sites for hydroxylation is 2. The fourth-order valence-corrected chi connectivity index (χ4v) is 8.07. The number of alkyl halides is 8. The van der Waals surface area contributed by atoms with Crippen molar-refractivity contribution in [2.45, 2.75) is 62.9 Å². The number of benzene rings is 3. The summed E-state index contributed by atoms with van der Waals surface area (Å²) < 4.78 is 128. The van der Waals surface area contributed by atoms with Gasteiger partial charge in [0.15, 0.2) is 0 Å². The largest absolute Gasteiger partial charge is 0.481 e. The maximum atomic E-state index is 15.9. The molecular weight excluding hydrogens is 707 g/mol. The number of halogens is 8. The van der Waals surface area contributed by atoms with E-state index < -0.39 is 72.7 Å². The first-order valence-electron chi connectivity index (χ1n) is 15.6. The van der Waals surface area contributed by atoms with Gasteiger partial charge < -0.3 is 14.6 Å². The monoisotopic (exact) mass is 734 g/mol. The molecule has 3 atom stereocenters. The van der Waals surface area contributed by atoms with Crippen LogP contribution in [0.25, 0.3) is 22.3 Å². The van der Waals surface area contributed by atoms with Gasteiger partial charge in [-0.05, 0) is 96.5 Å². The molecule has 1 aromatic heterocycles. The first kappa shape index (κ1) is 34.9. The Morgan fingerprint density at radius 1 is 0.902 bits per heavy atom. The number of hydrogen-bond donors (Lipinski definition) is 1. The molecule has 10 bridgehead atoms. The summed E-state index contributed by atoms with van der Waals surface area (Å²) >= 11 is 0. The molecule has 6 nitrogen and oxygen atoms in total. The molecule has 0 saturated carbocycles. The number of hydrogen-bond acceptors (Lipinski definition) is 4. The van der Waals surface area contributed by atoms with Crippen LogP contribution in [-0.4, -0.2) is 39.7 Å². The number of ether oxygens (including phenoxy) is 2. The highest BCUT2D eigenvalue weighted by molar-refractivity contribution is 7.41. The molecular formula is C36H27F8N2O4P. The van der Waals surface area contributed by atoms with Gasteiger partial charge in [0.25, 0.3) is 0 Å². The first-order chi connectivity index (χ1) is 23.9. The van der Waals surface area contributed by atoms with Gasteiger partial charge in [-0.2, -0.15) is 35.1 Å². The standard InChI is InChI=1S/C36H27F8N2O4P/c1-16-8-18-4-5-23(16)20-12-26(31(49-3)45-15-20)24-9-17(2)27(35(40,41)42)14-25(24)28-6-7-29-30(50-33(48)46(28)29)19-10-21(34(37,38)39)13-22(11-19)36(43,44)51-32(18)47/h4-5,8-15,28-30,47H,6-7H2,1-3H3/t28-,29-,30+/m0/s1. The van der Waals surface area contributed by atoms with Crippen LogP contribution in [0.15, 0.2) is 60.8 Å². The summed E-state index contributed by atoms with van der Waals surface area (Å²) in [5.41, 5.74) is -6.61. The van der Waals surface area contributed by atoms with Gasteiger partial charge in [0.05, 0.1) is 30.3 Å². The number of nitrogens with zero attached hydrogens (tertiary/aromatic N) is 2. The molecule has 0 aliphatic carbocycles. The van der Waals surface area contributed by atoms with Crippen molar-refractivity contribution >= 4 is 19.8 Å². The van der Waals surface area contributed by atoms with Crippen molar-refractivity contribution in [2.75, 3.05) is 7.11 Å². The molecule has 0 unspecified atom stereocenters. The maximum absolute atomic E-state index is 15.9. The second kappa shape index (κ2) is 12.0. The van der Waals surface area contributed by atoms with E-state index >= 15 is 8.78 Å². The van der Waals surface area contributed by atoms with Crippen LogP contribution < -0.4 is 4.74 Å². The highest BCUT2D eigenvalue weighted by atomic mass is 31.1. The summed E-state index contributed by atoms with van der Waals surface area (Å²) in [5.74, 6) is 0.0687. The van der Waals surface area contributed by atoms with E-state index in [1.54, 1.807) is 19.1 Å². The molecule has 0 spiro atoms. The van der Waals surface area contributed by atoms with E-state index in [9.17, 15) is 36.2 Å². The quantitative estimate of drug-likeness (QED) is 0.156. The van der Waals surface area contributed by atoms with Crippen LogP contribution in [0.2, 0.25) is 0 Å². The number of aromatic nitrogens is 1. The Hall–Kier alpha value is -4.55. The van der Waals surface area contributed by atoms with Crippen molar-refractivity contribution in [3.63, 3.8) is 0 Å². The zero-order chi connectivity index (χ0) is 36.8. The molecule has 8 rings (SSSR count). The zero-order valence-corrected chi connectivity index (χ0v) is 27.9. The van der Waals surface area contributed by atoms with Crippen molar-refractivity contribution < 1.29 is 54.5 Å². The van der Waals surface area contributed by atoms with E-state index in [-0.39, 0.29) is 52.6 Å². The molecule has 1 amide bonds. The van der Waals surface area contributed by atoms with Crippen LogP contribution in [0.4, 0.5) is 39.9 Å². The van der Waals surface area contributed by atoms with Gasteiger partial charge in [-0.15, -0.1) is 0 Å². The number of methoxy groups -OCH3 is 1. The van der Waals surface area contributed by atoms with Crippen LogP contribution >= 0.6 is 8.20 Å². The Kier molecular flexibility index (Phi) is 8.22. The molecule has 266 valence electrons. The third-order valence-electron chi connectivity index (χ3n) is 9.61. The number of pyridine rings is 1. The molecule has 3 aromatic carbocycles. The first-order valence-corrected chi connectivity index (χ1v) is 16.5. The van der Waals surface area contributed by atoms with Gasteiger partial charge >= 0.3 is 24.1 Å². The zero-order valence-electron chi connectivity index (χ0n) is 27.0. The third kappa shape index (κ3) is 6.01. The smallest absolute Gasteiger partial charge is 0.416 e. The van der Waals surface area contributed by atoms with Gasteiger partial charge in [0.2, 0.25) is 5.88 Å². The lowest BCUT2D eigenvalue weighted by atomic mass is 9.88. The number of rotatable bonds is 1. The van der Waals surface area contributed by atoms with Crippen molar-refractivity contribution in [3.8, 4) is 28.1 Å². The van der Waals surface area contributed by atoms with Gasteiger partial charge in [-0.1, -0.05) is 18.2 Å². The summed E-state index contributed by atoms with van der Waals surface area (Å²) in [4.78, 5) is 19.1. The van der Waals surface area contributed by atoms with Gasteiger partial charge in [0.1, 0.15) is 11.6 Å². The number of carbonyl (C=O) groups is 1. The third-order valence-corrected chi connectivity index (χ3v) is 10.6. The minimum absolute atomic E-state index is 0.0114. The molecule has 4 aliphatic heterocycles. The van der Waals surface area contributed by atoms with E-state index in [4.69, 9.17) is 9.47 Å². The fourth-order valence-electron chi connectivity index (χ4n) is 7.28. The van der Waals surface area contributed by atoms with Crippen molar-refractivity contribution in [2.24, 2.45) is 0 Å². The van der Waals surface area contributed by atoms with Crippen molar-refractivity contribution in [3.05, 3.63) is 105 Å². The number of carbonyl (C=O) groups excluding carboxylic acids is 1. The minimum atomic E-state index is -5.07. The predicted molar refractivity (Wildman–Crippen MR) is 171 cm³/mol. The SMILES string of the molecule is COc1ncc2cc1-c1cc(C)c(C(F)(F)F)cc1[C@@H]1CC[C@H]3[C@H](OC(=O)N13)c1cc(C(F)(F)F)cc(c1)C(F)(F)/P=C(/O)c1ccc-2c(C)c1. The van der Waals surface area contributed by atoms with Crippen LogP contribution in [0.3, 0.4) is 0 Å². The van der Waals surface area contributed by atoms with Crippen LogP contribution in [0.1, 0.15) is 69.5 Å².